The number of hydrogen-bond donors (Lipinski definition) is 2. The van der Waals surface area contributed by atoms with Gasteiger partial charge in [0.2, 0.25) is 5.91 Å². The SMILES string of the molecule is CCOc1ccc(NCc2nnc(SCC(=O)Nc3c(C)cc(C)cc3C)n2-c2ccccc2)cc1. The van der Waals surface area contributed by atoms with E-state index in [1.807, 2.05) is 79.9 Å². The molecule has 0 unspecified atom stereocenters. The third-order valence-electron chi connectivity index (χ3n) is 5.60. The number of amides is 1. The number of anilines is 2. The van der Waals surface area contributed by atoms with Gasteiger partial charge in [0.15, 0.2) is 11.0 Å². The Balaban J connectivity index is 1.48. The molecule has 8 heteroatoms. The van der Waals surface area contributed by atoms with Gasteiger partial charge in [-0.05, 0) is 75.2 Å². The van der Waals surface area contributed by atoms with Crippen LogP contribution in [-0.4, -0.2) is 33.0 Å². The van der Waals surface area contributed by atoms with Gasteiger partial charge in [0.1, 0.15) is 5.75 Å². The summed E-state index contributed by atoms with van der Waals surface area (Å²) in [5, 5.41) is 16.0. The lowest BCUT2D eigenvalue weighted by Crippen LogP contribution is -2.16. The molecule has 0 spiro atoms. The number of nitrogens with zero attached hydrogens (tertiary/aromatic N) is 3. The molecule has 1 aromatic heterocycles. The molecule has 186 valence electrons. The van der Waals surface area contributed by atoms with Crippen LogP contribution in [0.25, 0.3) is 5.69 Å². The average Bonchev–Trinajstić information content (AvgIpc) is 3.28. The number of benzene rings is 3. The summed E-state index contributed by atoms with van der Waals surface area (Å²) >= 11 is 1.37. The van der Waals surface area contributed by atoms with Gasteiger partial charge in [-0.1, -0.05) is 47.7 Å². The lowest BCUT2D eigenvalue weighted by molar-refractivity contribution is -0.113. The summed E-state index contributed by atoms with van der Waals surface area (Å²) in [5.74, 6) is 1.74. The summed E-state index contributed by atoms with van der Waals surface area (Å²) in [6.45, 7) is 9.16. The fourth-order valence-electron chi connectivity index (χ4n) is 4.04. The largest absolute Gasteiger partial charge is 0.494 e. The van der Waals surface area contributed by atoms with Crippen molar-refractivity contribution in [1.29, 1.82) is 0 Å². The number of aryl methyl sites for hydroxylation is 3. The minimum atomic E-state index is -0.0771. The van der Waals surface area contributed by atoms with Gasteiger partial charge in [-0.3, -0.25) is 9.36 Å². The number of carbonyl (C=O) groups is 1. The van der Waals surface area contributed by atoms with E-state index in [1.165, 1.54) is 17.3 Å². The molecular weight excluding hydrogens is 470 g/mol. The lowest BCUT2D eigenvalue weighted by Gasteiger charge is -2.13. The molecule has 0 atom stereocenters. The Bertz CT molecular complexity index is 1300. The summed E-state index contributed by atoms with van der Waals surface area (Å²) < 4.78 is 7.50. The fraction of sp³-hybridized carbons (Fsp3) is 0.250. The standard InChI is InChI=1S/C28H31N5O2S/c1-5-35-24-13-11-22(12-14-24)29-17-25-31-32-28(33(25)23-9-7-6-8-10-23)36-18-26(34)30-27-20(3)15-19(2)16-21(27)4/h6-16,29H,5,17-18H2,1-4H3,(H,30,34). The zero-order chi connectivity index (χ0) is 25.5. The molecule has 0 aliphatic rings. The molecule has 0 aliphatic heterocycles. The summed E-state index contributed by atoms with van der Waals surface area (Å²) in [5.41, 5.74) is 6.06. The topological polar surface area (TPSA) is 81.1 Å². The van der Waals surface area contributed by atoms with E-state index in [-0.39, 0.29) is 11.7 Å². The van der Waals surface area contributed by atoms with Crippen molar-refractivity contribution in [1.82, 2.24) is 14.8 Å². The third-order valence-corrected chi connectivity index (χ3v) is 6.53. The van der Waals surface area contributed by atoms with E-state index in [0.29, 0.717) is 18.3 Å². The van der Waals surface area contributed by atoms with Gasteiger partial charge in [-0.2, -0.15) is 0 Å². The molecule has 2 N–H and O–H groups in total. The van der Waals surface area contributed by atoms with Crippen molar-refractivity contribution < 1.29 is 9.53 Å². The molecule has 7 nitrogen and oxygen atoms in total. The smallest absolute Gasteiger partial charge is 0.234 e. The van der Waals surface area contributed by atoms with Crippen LogP contribution in [0.4, 0.5) is 11.4 Å². The molecule has 0 bridgehead atoms. The van der Waals surface area contributed by atoms with Crippen molar-refractivity contribution in [3.05, 3.63) is 89.2 Å². The number of carbonyl (C=O) groups excluding carboxylic acids is 1. The molecule has 1 heterocycles. The highest BCUT2D eigenvalue weighted by Crippen LogP contribution is 2.25. The second-order valence-corrected chi connectivity index (χ2v) is 9.43. The van der Waals surface area contributed by atoms with Crippen molar-refractivity contribution in [3.63, 3.8) is 0 Å². The minimum Gasteiger partial charge on any atom is -0.494 e. The highest BCUT2D eigenvalue weighted by atomic mass is 32.2. The van der Waals surface area contributed by atoms with Crippen molar-refractivity contribution in [2.45, 2.75) is 39.4 Å². The molecule has 4 aromatic rings. The van der Waals surface area contributed by atoms with E-state index >= 15 is 0 Å². The number of aromatic nitrogens is 3. The van der Waals surface area contributed by atoms with Crippen LogP contribution < -0.4 is 15.4 Å². The molecule has 1 amide bonds. The van der Waals surface area contributed by atoms with Crippen molar-refractivity contribution in [2.75, 3.05) is 23.0 Å². The first-order chi connectivity index (χ1) is 17.4. The molecule has 0 radical (unpaired) electrons. The Labute approximate surface area is 216 Å². The summed E-state index contributed by atoms with van der Waals surface area (Å²) in [4.78, 5) is 12.8. The van der Waals surface area contributed by atoms with E-state index in [4.69, 9.17) is 4.74 Å². The van der Waals surface area contributed by atoms with E-state index in [9.17, 15) is 4.79 Å². The molecule has 0 saturated carbocycles. The first kappa shape index (κ1) is 25.3. The normalized spacial score (nSPS) is 10.8. The van der Waals surface area contributed by atoms with Crippen molar-refractivity contribution in [3.8, 4) is 11.4 Å². The number of thioether (sulfide) groups is 1. The maximum Gasteiger partial charge on any atom is 0.234 e. The molecule has 3 aromatic carbocycles. The van der Waals surface area contributed by atoms with Gasteiger partial charge in [-0.25, -0.2) is 0 Å². The maximum atomic E-state index is 12.8. The van der Waals surface area contributed by atoms with Crippen LogP contribution in [0.5, 0.6) is 5.75 Å². The second kappa shape index (κ2) is 11.8. The molecule has 0 aliphatic carbocycles. The average molecular weight is 502 g/mol. The van der Waals surface area contributed by atoms with E-state index < -0.39 is 0 Å². The van der Waals surface area contributed by atoms with Gasteiger partial charge in [0, 0.05) is 17.1 Å². The van der Waals surface area contributed by atoms with Crippen molar-refractivity contribution >= 4 is 29.0 Å². The summed E-state index contributed by atoms with van der Waals surface area (Å²) in [6.07, 6.45) is 0. The summed E-state index contributed by atoms with van der Waals surface area (Å²) in [6, 6.07) is 21.9. The molecule has 36 heavy (non-hydrogen) atoms. The summed E-state index contributed by atoms with van der Waals surface area (Å²) in [7, 11) is 0. The minimum absolute atomic E-state index is 0.0771. The van der Waals surface area contributed by atoms with E-state index in [2.05, 4.69) is 39.9 Å². The quantitative estimate of drug-likeness (QED) is 0.262. The Hall–Kier alpha value is -3.78. The van der Waals surface area contributed by atoms with Crippen LogP contribution in [0.15, 0.2) is 71.9 Å². The zero-order valence-electron chi connectivity index (χ0n) is 21.0. The Morgan fingerprint density at radius 1 is 0.972 bits per heavy atom. The lowest BCUT2D eigenvalue weighted by atomic mass is 10.1. The highest BCUT2D eigenvalue weighted by molar-refractivity contribution is 7.99. The van der Waals surface area contributed by atoms with Gasteiger partial charge in [-0.15, -0.1) is 10.2 Å². The number of hydrogen-bond acceptors (Lipinski definition) is 6. The monoisotopic (exact) mass is 501 g/mol. The van der Waals surface area contributed by atoms with Gasteiger partial charge < -0.3 is 15.4 Å². The van der Waals surface area contributed by atoms with Crippen LogP contribution in [0.2, 0.25) is 0 Å². The van der Waals surface area contributed by atoms with E-state index in [1.54, 1.807) is 0 Å². The molecular formula is C28H31N5O2S. The van der Waals surface area contributed by atoms with Crippen LogP contribution in [0, 0.1) is 20.8 Å². The van der Waals surface area contributed by atoms with Crippen LogP contribution >= 0.6 is 11.8 Å². The first-order valence-electron chi connectivity index (χ1n) is 11.9. The van der Waals surface area contributed by atoms with Gasteiger partial charge in [0.25, 0.3) is 0 Å². The number of ether oxygens (including phenoxy) is 1. The van der Waals surface area contributed by atoms with E-state index in [0.717, 1.165) is 39.8 Å². The van der Waals surface area contributed by atoms with Gasteiger partial charge >= 0.3 is 0 Å². The Morgan fingerprint density at radius 3 is 2.33 bits per heavy atom. The molecule has 0 fully saturated rings. The zero-order valence-corrected chi connectivity index (χ0v) is 21.9. The predicted octanol–water partition coefficient (Wildman–Crippen LogP) is 5.93. The molecule has 4 rings (SSSR count). The highest BCUT2D eigenvalue weighted by Gasteiger charge is 2.17. The predicted molar refractivity (Wildman–Crippen MR) is 146 cm³/mol. The van der Waals surface area contributed by atoms with Crippen LogP contribution in [0.1, 0.15) is 29.4 Å². The fourth-order valence-corrected chi connectivity index (χ4v) is 4.82. The third kappa shape index (κ3) is 6.26. The Kier molecular flexibility index (Phi) is 8.28. The maximum absolute atomic E-state index is 12.8. The second-order valence-electron chi connectivity index (χ2n) is 8.49. The van der Waals surface area contributed by atoms with Crippen molar-refractivity contribution in [2.24, 2.45) is 0 Å². The van der Waals surface area contributed by atoms with Crippen LogP contribution in [-0.2, 0) is 11.3 Å². The number of para-hydroxylation sites is 1. The first-order valence-corrected chi connectivity index (χ1v) is 12.9. The van der Waals surface area contributed by atoms with Crippen LogP contribution in [0.3, 0.4) is 0 Å². The van der Waals surface area contributed by atoms with Gasteiger partial charge in [0.05, 0.1) is 18.9 Å². The Morgan fingerprint density at radius 2 is 1.67 bits per heavy atom. The number of rotatable bonds is 10. The number of nitrogens with one attached hydrogen (secondary N) is 2. The molecule has 0 saturated heterocycles.